The second kappa shape index (κ2) is 9.98. The first-order chi connectivity index (χ1) is 11.4. The fraction of sp³-hybridized carbons (Fsp3) is 0.375. The number of benzene rings is 1. The van der Waals surface area contributed by atoms with Crippen LogP contribution in [0.3, 0.4) is 0 Å². The summed E-state index contributed by atoms with van der Waals surface area (Å²) in [5.74, 6) is -1.74. The standard InChI is InChI=1S/C16H21N3O5/c1-11(20)17-7-8-18-14(21)5-6-15(22)19-13-4-2-3-12(9-13)10-16(23)24/h2-4,9H,5-8,10H2,1H3,(H,17,20)(H,18,21)(H,19,22)(H,23,24). The molecule has 0 spiro atoms. The molecule has 1 aromatic rings. The molecule has 0 atom stereocenters. The highest BCUT2D eigenvalue weighted by molar-refractivity contribution is 5.93. The zero-order valence-electron chi connectivity index (χ0n) is 13.4. The summed E-state index contributed by atoms with van der Waals surface area (Å²) in [5.41, 5.74) is 1.07. The van der Waals surface area contributed by atoms with E-state index in [9.17, 15) is 19.2 Å². The van der Waals surface area contributed by atoms with Gasteiger partial charge in [0.2, 0.25) is 17.7 Å². The van der Waals surface area contributed by atoms with Gasteiger partial charge in [0.1, 0.15) is 0 Å². The van der Waals surface area contributed by atoms with Gasteiger partial charge in [-0.1, -0.05) is 12.1 Å². The second-order valence-corrected chi connectivity index (χ2v) is 5.15. The minimum atomic E-state index is -0.950. The molecule has 0 aliphatic heterocycles. The van der Waals surface area contributed by atoms with E-state index in [1.165, 1.54) is 6.92 Å². The number of carbonyl (C=O) groups excluding carboxylic acids is 3. The highest BCUT2D eigenvalue weighted by Gasteiger charge is 2.08. The number of nitrogens with one attached hydrogen (secondary N) is 3. The summed E-state index contributed by atoms with van der Waals surface area (Å²) in [4.78, 5) is 44.7. The van der Waals surface area contributed by atoms with Gasteiger partial charge in [0.05, 0.1) is 6.42 Å². The molecule has 0 unspecified atom stereocenters. The molecule has 3 amide bonds. The first kappa shape index (κ1) is 19.1. The first-order valence-electron chi connectivity index (χ1n) is 7.48. The van der Waals surface area contributed by atoms with Crippen molar-refractivity contribution in [2.45, 2.75) is 26.2 Å². The van der Waals surface area contributed by atoms with Crippen molar-refractivity contribution >= 4 is 29.4 Å². The van der Waals surface area contributed by atoms with Crippen molar-refractivity contribution in [1.29, 1.82) is 0 Å². The summed E-state index contributed by atoms with van der Waals surface area (Å²) in [6.45, 7) is 2.03. The largest absolute Gasteiger partial charge is 0.481 e. The van der Waals surface area contributed by atoms with Crippen LogP contribution in [0.1, 0.15) is 25.3 Å². The molecule has 0 bridgehead atoms. The highest BCUT2D eigenvalue weighted by atomic mass is 16.4. The number of carboxylic acids is 1. The molecule has 0 aliphatic carbocycles. The number of carbonyl (C=O) groups is 4. The molecule has 1 rings (SSSR count). The molecule has 0 fully saturated rings. The van der Waals surface area contributed by atoms with Crippen molar-refractivity contribution in [3.8, 4) is 0 Å². The van der Waals surface area contributed by atoms with Crippen LogP contribution >= 0.6 is 0 Å². The van der Waals surface area contributed by atoms with Crippen molar-refractivity contribution in [3.63, 3.8) is 0 Å². The van der Waals surface area contributed by atoms with Crippen LogP contribution in [0, 0.1) is 0 Å². The van der Waals surface area contributed by atoms with Gasteiger partial charge in [-0.05, 0) is 17.7 Å². The van der Waals surface area contributed by atoms with Gasteiger partial charge in [-0.2, -0.15) is 0 Å². The summed E-state index contributed by atoms with van der Waals surface area (Å²) in [6.07, 6.45) is -0.0870. The smallest absolute Gasteiger partial charge is 0.307 e. The van der Waals surface area contributed by atoms with E-state index < -0.39 is 5.97 Å². The molecule has 130 valence electrons. The summed E-state index contributed by atoms with van der Waals surface area (Å²) in [6, 6.07) is 6.55. The Bertz CT molecular complexity index is 615. The number of rotatable bonds is 9. The maximum absolute atomic E-state index is 11.8. The molecular weight excluding hydrogens is 314 g/mol. The van der Waals surface area contributed by atoms with Crippen molar-refractivity contribution < 1.29 is 24.3 Å². The molecule has 24 heavy (non-hydrogen) atoms. The van der Waals surface area contributed by atoms with E-state index in [1.54, 1.807) is 24.3 Å². The van der Waals surface area contributed by atoms with Crippen LogP contribution in [0.5, 0.6) is 0 Å². The van der Waals surface area contributed by atoms with Gasteiger partial charge in [0.25, 0.3) is 0 Å². The maximum atomic E-state index is 11.8. The lowest BCUT2D eigenvalue weighted by Gasteiger charge is -2.08. The average Bonchev–Trinajstić information content (AvgIpc) is 2.49. The van der Waals surface area contributed by atoms with Gasteiger partial charge >= 0.3 is 5.97 Å². The van der Waals surface area contributed by atoms with Crippen LogP contribution in [0.25, 0.3) is 0 Å². The summed E-state index contributed by atoms with van der Waals surface area (Å²) < 4.78 is 0. The Hall–Kier alpha value is -2.90. The average molecular weight is 335 g/mol. The van der Waals surface area contributed by atoms with Crippen molar-refractivity contribution in [1.82, 2.24) is 10.6 Å². The molecule has 0 radical (unpaired) electrons. The fourth-order valence-electron chi connectivity index (χ4n) is 1.91. The number of aliphatic carboxylic acids is 1. The Balaban J connectivity index is 2.32. The Morgan fingerprint density at radius 2 is 1.67 bits per heavy atom. The first-order valence-corrected chi connectivity index (χ1v) is 7.48. The third-order valence-electron chi connectivity index (χ3n) is 2.97. The number of amides is 3. The zero-order valence-corrected chi connectivity index (χ0v) is 13.4. The molecule has 0 aliphatic rings. The van der Waals surface area contributed by atoms with E-state index in [0.717, 1.165) is 0 Å². The molecule has 1 aromatic carbocycles. The van der Waals surface area contributed by atoms with E-state index in [-0.39, 0.29) is 37.0 Å². The lowest BCUT2D eigenvalue weighted by Crippen LogP contribution is -2.33. The third-order valence-corrected chi connectivity index (χ3v) is 2.97. The second-order valence-electron chi connectivity index (χ2n) is 5.15. The van der Waals surface area contributed by atoms with Crippen LogP contribution in [0.15, 0.2) is 24.3 Å². The van der Waals surface area contributed by atoms with Gasteiger partial charge < -0.3 is 21.1 Å². The van der Waals surface area contributed by atoms with Gasteiger partial charge in [-0.25, -0.2) is 0 Å². The predicted molar refractivity (Wildman–Crippen MR) is 87.3 cm³/mol. The Morgan fingerprint density at radius 3 is 2.33 bits per heavy atom. The minimum absolute atomic E-state index is 0.00906. The SMILES string of the molecule is CC(=O)NCCNC(=O)CCC(=O)Nc1cccc(CC(=O)O)c1. The minimum Gasteiger partial charge on any atom is -0.481 e. The number of anilines is 1. The fourth-order valence-corrected chi connectivity index (χ4v) is 1.91. The molecule has 0 aromatic heterocycles. The highest BCUT2D eigenvalue weighted by Crippen LogP contribution is 2.12. The molecular formula is C16H21N3O5. The lowest BCUT2D eigenvalue weighted by molar-refractivity contribution is -0.136. The van der Waals surface area contributed by atoms with E-state index in [2.05, 4.69) is 16.0 Å². The van der Waals surface area contributed by atoms with Crippen LogP contribution in [0.2, 0.25) is 0 Å². The molecule has 0 saturated heterocycles. The van der Waals surface area contributed by atoms with Gasteiger partial charge in [-0.15, -0.1) is 0 Å². The van der Waals surface area contributed by atoms with E-state index in [4.69, 9.17) is 5.11 Å². The van der Waals surface area contributed by atoms with E-state index in [1.807, 2.05) is 0 Å². The normalized spacial score (nSPS) is 9.88. The summed E-state index contributed by atoms with van der Waals surface area (Å²) in [7, 11) is 0. The Labute approximate surface area is 139 Å². The molecule has 8 nitrogen and oxygen atoms in total. The van der Waals surface area contributed by atoms with Crippen molar-refractivity contribution in [2.24, 2.45) is 0 Å². The van der Waals surface area contributed by atoms with Gasteiger partial charge in [0.15, 0.2) is 0 Å². The third kappa shape index (κ3) is 8.52. The quantitative estimate of drug-likeness (QED) is 0.483. The predicted octanol–water partition coefficient (Wildman–Crippen LogP) is 0.285. The van der Waals surface area contributed by atoms with Crippen molar-refractivity contribution in [2.75, 3.05) is 18.4 Å². The summed E-state index contributed by atoms with van der Waals surface area (Å²) in [5, 5.41) is 16.5. The monoisotopic (exact) mass is 335 g/mol. The maximum Gasteiger partial charge on any atom is 0.307 e. The number of hydrogen-bond donors (Lipinski definition) is 4. The molecule has 0 heterocycles. The van der Waals surface area contributed by atoms with Crippen LogP contribution < -0.4 is 16.0 Å². The van der Waals surface area contributed by atoms with Crippen molar-refractivity contribution in [3.05, 3.63) is 29.8 Å². The molecule has 4 N–H and O–H groups in total. The molecule has 8 heteroatoms. The van der Waals surface area contributed by atoms with Crippen LogP contribution in [-0.2, 0) is 25.6 Å². The van der Waals surface area contributed by atoms with Gasteiger partial charge in [-0.3, -0.25) is 19.2 Å². The number of carboxylic acid groups (broad SMARTS) is 1. The Kier molecular flexibility index (Phi) is 7.97. The zero-order chi connectivity index (χ0) is 17.9. The van der Waals surface area contributed by atoms with Crippen LogP contribution in [-0.4, -0.2) is 41.9 Å². The topological polar surface area (TPSA) is 125 Å². The van der Waals surface area contributed by atoms with Crippen LogP contribution in [0.4, 0.5) is 5.69 Å². The lowest BCUT2D eigenvalue weighted by atomic mass is 10.1. The van der Waals surface area contributed by atoms with Gasteiger partial charge in [0, 0.05) is 38.5 Å². The Morgan fingerprint density at radius 1 is 1.00 bits per heavy atom. The number of hydrogen-bond acceptors (Lipinski definition) is 4. The summed E-state index contributed by atoms with van der Waals surface area (Å²) >= 11 is 0. The van der Waals surface area contributed by atoms with E-state index >= 15 is 0 Å². The molecule has 0 saturated carbocycles. The van der Waals surface area contributed by atoms with E-state index in [0.29, 0.717) is 24.3 Å².